The molecule has 2 rings (SSSR count). The van der Waals surface area contributed by atoms with Crippen molar-refractivity contribution in [3.8, 4) is 0 Å². The van der Waals surface area contributed by atoms with Crippen molar-refractivity contribution in [3.05, 3.63) is 0 Å². The van der Waals surface area contributed by atoms with Gasteiger partial charge < -0.3 is 20.1 Å². The van der Waals surface area contributed by atoms with Crippen LogP contribution >= 0.6 is 0 Å². The van der Waals surface area contributed by atoms with Crippen LogP contribution in [0.2, 0.25) is 0 Å². The summed E-state index contributed by atoms with van der Waals surface area (Å²) in [6, 6.07) is -0.204. The van der Waals surface area contributed by atoms with Gasteiger partial charge in [0.15, 0.2) is 5.96 Å². The molecule has 2 fully saturated rings. The smallest absolute Gasteiger partial charge is 0.381 e. The van der Waals surface area contributed by atoms with Gasteiger partial charge in [-0.05, 0) is 19.3 Å². The van der Waals surface area contributed by atoms with Crippen LogP contribution in [0.25, 0.3) is 0 Å². The van der Waals surface area contributed by atoms with E-state index in [0.29, 0.717) is 32.1 Å². The number of ether oxygens (including phenoxy) is 2. The fraction of sp³-hybridized carbons (Fsp3) is 0.938. The van der Waals surface area contributed by atoms with Crippen LogP contribution in [0.1, 0.15) is 38.5 Å². The summed E-state index contributed by atoms with van der Waals surface area (Å²) in [5.74, 6) is -0.687. The maximum absolute atomic E-state index is 12.9. The summed E-state index contributed by atoms with van der Waals surface area (Å²) in [6.07, 6.45) is -0.900. The lowest BCUT2D eigenvalue weighted by molar-refractivity contribution is -0.183. The van der Waals surface area contributed by atoms with Crippen molar-refractivity contribution in [2.24, 2.45) is 10.9 Å². The van der Waals surface area contributed by atoms with E-state index in [1.165, 1.54) is 0 Å². The molecule has 1 heterocycles. The molecular formula is C16H28F3N3O2. The third kappa shape index (κ3) is 5.24. The van der Waals surface area contributed by atoms with Gasteiger partial charge in [-0.2, -0.15) is 13.2 Å². The monoisotopic (exact) mass is 351 g/mol. The first kappa shape index (κ1) is 19.3. The number of aliphatic imine (C=N–C) groups is 1. The Morgan fingerprint density at radius 2 is 2.00 bits per heavy atom. The highest BCUT2D eigenvalue weighted by Crippen LogP contribution is 2.37. The van der Waals surface area contributed by atoms with Gasteiger partial charge in [0.1, 0.15) is 0 Å². The number of rotatable bonds is 4. The minimum Gasteiger partial charge on any atom is -0.381 e. The number of nitrogens with zero attached hydrogens (tertiary/aromatic N) is 1. The molecule has 0 radical (unpaired) electrons. The molecule has 0 aromatic heterocycles. The number of nitrogens with one attached hydrogen (secondary N) is 2. The second kappa shape index (κ2) is 8.38. The number of hydrogen-bond acceptors (Lipinski definition) is 3. The lowest BCUT2D eigenvalue weighted by Gasteiger charge is -2.37. The molecule has 140 valence electrons. The number of guanidine groups is 1. The summed E-state index contributed by atoms with van der Waals surface area (Å²) in [4.78, 5) is 4.15. The third-order valence-corrected chi connectivity index (χ3v) is 5.12. The summed E-state index contributed by atoms with van der Waals surface area (Å²) >= 11 is 0. The summed E-state index contributed by atoms with van der Waals surface area (Å²) in [6.45, 7) is 1.86. The summed E-state index contributed by atoms with van der Waals surface area (Å²) in [5, 5.41) is 6.35. The van der Waals surface area contributed by atoms with E-state index in [2.05, 4.69) is 15.6 Å². The van der Waals surface area contributed by atoms with Crippen LogP contribution in [-0.4, -0.2) is 57.7 Å². The van der Waals surface area contributed by atoms with E-state index in [0.717, 1.165) is 19.3 Å². The number of alkyl halides is 3. The Hall–Kier alpha value is -1.02. The van der Waals surface area contributed by atoms with E-state index in [-0.39, 0.29) is 24.5 Å². The second-order valence-electron chi connectivity index (χ2n) is 6.67. The summed E-state index contributed by atoms with van der Waals surface area (Å²) in [5.41, 5.74) is -0.309. The Kier molecular flexibility index (Phi) is 6.74. The molecule has 2 unspecified atom stereocenters. The average molecular weight is 351 g/mol. The molecule has 2 aliphatic rings. The SMILES string of the molecule is CN=C(NCC1(OC)CCOCC1)NC1CCCC(C(F)(F)F)C1. The molecule has 0 amide bonds. The van der Waals surface area contributed by atoms with Crippen LogP contribution in [-0.2, 0) is 9.47 Å². The second-order valence-corrected chi connectivity index (χ2v) is 6.67. The Labute approximate surface area is 141 Å². The van der Waals surface area contributed by atoms with Crippen molar-refractivity contribution in [2.75, 3.05) is 33.9 Å². The highest BCUT2D eigenvalue weighted by atomic mass is 19.4. The minimum atomic E-state index is -4.11. The van der Waals surface area contributed by atoms with Crippen LogP contribution in [0.5, 0.6) is 0 Å². The first-order valence-electron chi connectivity index (χ1n) is 8.55. The molecular weight excluding hydrogens is 323 g/mol. The van der Waals surface area contributed by atoms with Crippen molar-refractivity contribution in [3.63, 3.8) is 0 Å². The first-order valence-corrected chi connectivity index (χ1v) is 8.55. The van der Waals surface area contributed by atoms with Crippen LogP contribution in [0.15, 0.2) is 4.99 Å². The van der Waals surface area contributed by atoms with Gasteiger partial charge in [0.2, 0.25) is 0 Å². The summed E-state index contributed by atoms with van der Waals surface area (Å²) in [7, 11) is 3.31. The Morgan fingerprint density at radius 1 is 1.29 bits per heavy atom. The van der Waals surface area contributed by atoms with E-state index >= 15 is 0 Å². The maximum atomic E-state index is 12.9. The van der Waals surface area contributed by atoms with Gasteiger partial charge in [-0.25, -0.2) is 0 Å². The van der Waals surface area contributed by atoms with Crippen molar-refractivity contribution >= 4 is 5.96 Å². The van der Waals surface area contributed by atoms with Crippen molar-refractivity contribution in [1.82, 2.24) is 10.6 Å². The third-order valence-electron chi connectivity index (χ3n) is 5.12. The molecule has 1 aliphatic carbocycles. The normalized spacial score (nSPS) is 28.5. The number of halogens is 3. The Morgan fingerprint density at radius 3 is 2.58 bits per heavy atom. The average Bonchev–Trinajstić information content (AvgIpc) is 2.59. The molecule has 0 aromatic carbocycles. The lowest BCUT2D eigenvalue weighted by Crippen LogP contribution is -2.53. The predicted molar refractivity (Wildman–Crippen MR) is 86.1 cm³/mol. The first-order chi connectivity index (χ1) is 11.4. The van der Waals surface area contributed by atoms with E-state index in [1.54, 1.807) is 14.2 Å². The van der Waals surface area contributed by atoms with Crippen LogP contribution < -0.4 is 10.6 Å². The van der Waals surface area contributed by atoms with Gasteiger partial charge in [0, 0.05) is 52.8 Å². The predicted octanol–water partition coefficient (Wildman–Crippen LogP) is 2.47. The fourth-order valence-corrected chi connectivity index (χ4v) is 3.45. The van der Waals surface area contributed by atoms with Gasteiger partial charge in [0.25, 0.3) is 0 Å². The number of methoxy groups -OCH3 is 1. The van der Waals surface area contributed by atoms with Gasteiger partial charge >= 0.3 is 6.18 Å². The van der Waals surface area contributed by atoms with E-state index in [9.17, 15) is 13.2 Å². The molecule has 2 N–H and O–H groups in total. The van der Waals surface area contributed by atoms with Crippen molar-refractivity contribution in [2.45, 2.75) is 56.3 Å². The van der Waals surface area contributed by atoms with Crippen molar-refractivity contribution in [1.29, 1.82) is 0 Å². The highest BCUT2D eigenvalue weighted by molar-refractivity contribution is 5.80. The largest absolute Gasteiger partial charge is 0.391 e. The molecule has 1 saturated carbocycles. The molecule has 2 atom stereocenters. The molecule has 0 aromatic rings. The minimum absolute atomic E-state index is 0.105. The van der Waals surface area contributed by atoms with Gasteiger partial charge in [-0.1, -0.05) is 6.42 Å². The zero-order chi connectivity index (χ0) is 17.6. The molecule has 5 nitrogen and oxygen atoms in total. The van der Waals surface area contributed by atoms with E-state index in [1.807, 2.05) is 0 Å². The van der Waals surface area contributed by atoms with Crippen LogP contribution in [0.4, 0.5) is 13.2 Å². The number of hydrogen-bond donors (Lipinski definition) is 2. The quantitative estimate of drug-likeness (QED) is 0.604. The van der Waals surface area contributed by atoms with Crippen LogP contribution in [0.3, 0.4) is 0 Å². The molecule has 0 bridgehead atoms. The van der Waals surface area contributed by atoms with Crippen LogP contribution in [0, 0.1) is 5.92 Å². The van der Waals surface area contributed by atoms with Crippen molar-refractivity contribution < 1.29 is 22.6 Å². The standard InChI is InChI=1S/C16H28F3N3O2/c1-20-14(21-11-15(23-2)6-8-24-9-7-15)22-13-5-3-4-12(10-13)16(17,18)19/h12-13H,3-11H2,1-2H3,(H2,20,21,22). The molecule has 24 heavy (non-hydrogen) atoms. The van der Waals surface area contributed by atoms with Gasteiger partial charge in [-0.15, -0.1) is 0 Å². The summed E-state index contributed by atoms with van der Waals surface area (Å²) < 4.78 is 49.8. The zero-order valence-electron chi connectivity index (χ0n) is 14.4. The molecule has 8 heteroatoms. The fourth-order valence-electron chi connectivity index (χ4n) is 3.45. The zero-order valence-corrected chi connectivity index (χ0v) is 14.4. The maximum Gasteiger partial charge on any atom is 0.391 e. The molecule has 0 spiro atoms. The van der Waals surface area contributed by atoms with E-state index < -0.39 is 12.1 Å². The van der Waals surface area contributed by atoms with Gasteiger partial charge in [0.05, 0.1) is 11.5 Å². The topological polar surface area (TPSA) is 54.9 Å². The molecule has 1 aliphatic heterocycles. The Bertz CT molecular complexity index is 423. The lowest BCUT2D eigenvalue weighted by atomic mass is 9.85. The highest BCUT2D eigenvalue weighted by Gasteiger charge is 2.42. The van der Waals surface area contributed by atoms with Gasteiger partial charge in [-0.3, -0.25) is 4.99 Å². The van der Waals surface area contributed by atoms with E-state index in [4.69, 9.17) is 9.47 Å². The molecule has 1 saturated heterocycles. The Balaban J connectivity index is 1.85.